The molecule has 2 aromatic carbocycles. The molecule has 0 saturated heterocycles. The highest BCUT2D eigenvalue weighted by atomic mass is 35.5. The molecule has 0 amide bonds. The lowest BCUT2D eigenvalue weighted by Gasteiger charge is -2.10. The van der Waals surface area contributed by atoms with Gasteiger partial charge < -0.3 is 9.72 Å². The number of benzene rings is 2. The molecule has 2 aromatic heterocycles. The smallest absolute Gasteiger partial charge is 0.416 e. The molecule has 0 unspecified atom stereocenters. The molecular formula is C23H19ClF3N3O2. The SMILES string of the molecule is Cl.O=c1[nH]c(-c2cccc(C(F)(F)F)c2)nc2ccc(OCCCc3ccncc3)cc12. The second-order valence-electron chi connectivity index (χ2n) is 6.98. The van der Waals surface area contributed by atoms with Gasteiger partial charge in [0.2, 0.25) is 0 Å². The minimum atomic E-state index is -4.48. The lowest BCUT2D eigenvalue weighted by atomic mass is 10.1. The van der Waals surface area contributed by atoms with Crippen LogP contribution in [-0.2, 0) is 12.6 Å². The number of H-pyrrole nitrogens is 1. The zero-order valence-electron chi connectivity index (χ0n) is 16.7. The molecule has 0 aliphatic carbocycles. The summed E-state index contributed by atoms with van der Waals surface area (Å²) >= 11 is 0. The van der Waals surface area contributed by atoms with Crippen molar-refractivity contribution in [2.75, 3.05) is 6.61 Å². The maximum absolute atomic E-state index is 13.0. The van der Waals surface area contributed by atoms with Crippen molar-refractivity contribution in [3.05, 3.63) is 88.5 Å². The highest BCUT2D eigenvalue weighted by Gasteiger charge is 2.30. The first-order valence-corrected chi connectivity index (χ1v) is 9.63. The molecular weight excluding hydrogens is 443 g/mol. The second-order valence-corrected chi connectivity index (χ2v) is 6.98. The van der Waals surface area contributed by atoms with Crippen molar-refractivity contribution in [2.45, 2.75) is 19.0 Å². The number of nitrogens with one attached hydrogen (secondary N) is 1. The van der Waals surface area contributed by atoms with Crippen LogP contribution >= 0.6 is 12.4 Å². The highest BCUT2D eigenvalue weighted by molar-refractivity contribution is 5.85. The molecule has 9 heteroatoms. The van der Waals surface area contributed by atoms with Crippen LogP contribution in [0.4, 0.5) is 13.2 Å². The van der Waals surface area contributed by atoms with Gasteiger partial charge in [-0.25, -0.2) is 4.98 Å². The maximum atomic E-state index is 13.0. The van der Waals surface area contributed by atoms with E-state index in [-0.39, 0.29) is 23.8 Å². The molecule has 166 valence electrons. The zero-order chi connectivity index (χ0) is 21.8. The van der Waals surface area contributed by atoms with Crippen molar-refractivity contribution in [2.24, 2.45) is 0 Å². The van der Waals surface area contributed by atoms with Gasteiger partial charge in [-0.05, 0) is 60.9 Å². The molecule has 32 heavy (non-hydrogen) atoms. The minimum Gasteiger partial charge on any atom is -0.494 e. The number of halogens is 4. The number of aromatic amines is 1. The van der Waals surface area contributed by atoms with E-state index in [1.54, 1.807) is 30.6 Å². The molecule has 0 aliphatic rings. The Morgan fingerprint density at radius 3 is 2.53 bits per heavy atom. The number of aromatic nitrogens is 3. The fourth-order valence-electron chi connectivity index (χ4n) is 3.20. The summed E-state index contributed by atoms with van der Waals surface area (Å²) in [6, 6.07) is 13.5. The van der Waals surface area contributed by atoms with Gasteiger partial charge in [-0.1, -0.05) is 12.1 Å². The van der Waals surface area contributed by atoms with Crippen LogP contribution < -0.4 is 10.3 Å². The van der Waals surface area contributed by atoms with Crippen molar-refractivity contribution in [1.29, 1.82) is 0 Å². The Bertz CT molecular complexity index is 1260. The molecule has 0 radical (unpaired) electrons. The number of aryl methyl sites for hydroxylation is 1. The quantitative estimate of drug-likeness (QED) is 0.388. The monoisotopic (exact) mass is 461 g/mol. The van der Waals surface area contributed by atoms with E-state index in [9.17, 15) is 18.0 Å². The molecule has 1 N–H and O–H groups in total. The Morgan fingerprint density at radius 1 is 1.00 bits per heavy atom. The van der Waals surface area contributed by atoms with Crippen LogP contribution in [0.3, 0.4) is 0 Å². The van der Waals surface area contributed by atoms with E-state index < -0.39 is 17.3 Å². The van der Waals surface area contributed by atoms with Crippen molar-refractivity contribution in [3.8, 4) is 17.1 Å². The second kappa shape index (κ2) is 9.82. The van der Waals surface area contributed by atoms with E-state index >= 15 is 0 Å². The Kier molecular flexibility index (Phi) is 7.15. The Balaban J connectivity index is 0.00000289. The van der Waals surface area contributed by atoms with E-state index in [1.807, 2.05) is 12.1 Å². The third kappa shape index (κ3) is 5.45. The summed E-state index contributed by atoms with van der Waals surface area (Å²) in [6.07, 6.45) is 0.652. The number of rotatable bonds is 6. The van der Waals surface area contributed by atoms with Crippen LogP contribution in [-0.4, -0.2) is 21.6 Å². The molecule has 0 aliphatic heterocycles. The summed E-state index contributed by atoms with van der Waals surface area (Å²) in [5.41, 5.74) is 0.480. The van der Waals surface area contributed by atoms with Gasteiger partial charge in [-0.2, -0.15) is 13.2 Å². The molecule has 5 nitrogen and oxygen atoms in total. The summed E-state index contributed by atoms with van der Waals surface area (Å²) in [5, 5.41) is 0.308. The van der Waals surface area contributed by atoms with Crippen molar-refractivity contribution in [3.63, 3.8) is 0 Å². The molecule has 0 atom stereocenters. The summed E-state index contributed by atoms with van der Waals surface area (Å²) < 4.78 is 44.7. The average Bonchev–Trinajstić information content (AvgIpc) is 2.77. The molecule has 4 rings (SSSR count). The summed E-state index contributed by atoms with van der Waals surface area (Å²) in [4.78, 5) is 23.4. The first kappa shape index (κ1) is 23.3. The first-order valence-electron chi connectivity index (χ1n) is 9.63. The first-order chi connectivity index (χ1) is 14.9. The zero-order valence-corrected chi connectivity index (χ0v) is 17.5. The third-order valence-corrected chi connectivity index (χ3v) is 4.77. The van der Waals surface area contributed by atoms with Crippen LogP contribution in [0.5, 0.6) is 5.75 Å². The third-order valence-electron chi connectivity index (χ3n) is 4.77. The summed E-state index contributed by atoms with van der Waals surface area (Å²) in [6.45, 7) is 0.474. The van der Waals surface area contributed by atoms with E-state index in [4.69, 9.17) is 4.74 Å². The van der Waals surface area contributed by atoms with Gasteiger partial charge >= 0.3 is 6.18 Å². The fourth-order valence-corrected chi connectivity index (χ4v) is 3.20. The normalized spacial score (nSPS) is 11.2. The van der Waals surface area contributed by atoms with Crippen LogP contribution in [0.2, 0.25) is 0 Å². The van der Waals surface area contributed by atoms with Crippen molar-refractivity contribution < 1.29 is 17.9 Å². The van der Waals surface area contributed by atoms with Crippen LogP contribution in [0.15, 0.2) is 71.8 Å². The van der Waals surface area contributed by atoms with Gasteiger partial charge in [0, 0.05) is 18.0 Å². The van der Waals surface area contributed by atoms with Gasteiger partial charge in [0.05, 0.1) is 23.1 Å². The largest absolute Gasteiger partial charge is 0.494 e. The van der Waals surface area contributed by atoms with E-state index in [1.165, 1.54) is 17.7 Å². The van der Waals surface area contributed by atoms with Gasteiger partial charge in [-0.3, -0.25) is 9.78 Å². The number of fused-ring (bicyclic) bond motifs is 1. The predicted octanol–water partition coefficient (Wildman–Crippen LogP) is 5.44. The molecule has 0 bridgehead atoms. The Hall–Kier alpha value is -3.39. The number of pyridine rings is 1. The lowest BCUT2D eigenvalue weighted by molar-refractivity contribution is -0.137. The Labute approximate surface area is 187 Å². The number of ether oxygens (including phenoxy) is 1. The molecule has 0 saturated carbocycles. The maximum Gasteiger partial charge on any atom is 0.416 e. The van der Waals surface area contributed by atoms with E-state index in [0.717, 1.165) is 25.0 Å². The van der Waals surface area contributed by atoms with Crippen LogP contribution in [0, 0.1) is 0 Å². The van der Waals surface area contributed by atoms with Crippen molar-refractivity contribution >= 4 is 23.3 Å². The van der Waals surface area contributed by atoms with Gasteiger partial charge in [0.25, 0.3) is 5.56 Å². The summed E-state index contributed by atoms with van der Waals surface area (Å²) in [7, 11) is 0. The minimum absolute atomic E-state index is 0. The highest BCUT2D eigenvalue weighted by Crippen LogP contribution is 2.31. The van der Waals surface area contributed by atoms with Gasteiger partial charge in [0.1, 0.15) is 11.6 Å². The fraction of sp³-hybridized carbons (Fsp3) is 0.174. The number of alkyl halides is 3. The number of hydrogen-bond donors (Lipinski definition) is 1. The average molecular weight is 462 g/mol. The molecule has 4 aromatic rings. The number of nitrogens with zero attached hydrogens (tertiary/aromatic N) is 2. The topological polar surface area (TPSA) is 67.9 Å². The van der Waals surface area contributed by atoms with Crippen LogP contribution in [0.25, 0.3) is 22.3 Å². The van der Waals surface area contributed by atoms with Gasteiger partial charge in [0.15, 0.2) is 0 Å². The standard InChI is InChI=1S/C23H18F3N3O2.ClH/c24-23(25,26)17-5-1-4-16(13-17)21-28-20-7-6-18(14-19(20)22(30)29-21)31-12-2-3-15-8-10-27-11-9-15;/h1,4-11,13-14H,2-3,12H2,(H,28,29,30);1H. The Morgan fingerprint density at radius 2 is 1.78 bits per heavy atom. The van der Waals surface area contributed by atoms with Crippen molar-refractivity contribution in [1.82, 2.24) is 15.0 Å². The molecule has 0 fully saturated rings. The van der Waals surface area contributed by atoms with Crippen LogP contribution in [0.1, 0.15) is 17.5 Å². The van der Waals surface area contributed by atoms with Gasteiger partial charge in [-0.15, -0.1) is 12.4 Å². The van der Waals surface area contributed by atoms with E-state index in [0.29, 0.717) is 23.3 Å². The lowest BCUT2D eigenvalue weighted by Crippen LogP contribution is -2.11. The molecule has 0 spiro atoms. The van der Waals surface area contributed by atoms with E-state index in [2.05, 4.69) is 15.0 Å². The predicted molar refractivity (Wildman–Crippen MR) is 118 cm³/mol. The summed E-state index contributed by atoms with van der Waals surface area (Å²) in [5.74, 6) is 0.607. The molecule has 2 heterocycles. The number of hydrogen-bond acceptors (Lipinski definition) is 4.